The van der Waals surface area contributed by atoms with Crippen molar-refractivity contribution >= 4 is 0 Å². The van der Waals surface area contributed by atoms with E-state index < -0.39 is 37.2 Å². The van der Waals surface area contributed by atoms with Crippen molar-refractivity contribution in [2.24, 2.45) is 0 Å². The molecule has 0 rings (SSSR count). The van der Waals surface area contributed by atoms with Gasteiger partial charge in [0.1, 0.15) is 0 Å². The average Bonchev–Trinajstić information content (AvgIpc) is 1.25. The molecular formula is CeNaO6Ti2. The Labute approximate surface area is 127 Å². The summed E-state index contributed by atoms with van der Waals surface area (Å²) in [5.74, 6) is 0. The second kappa shape index (κ2) is 18.1. The van der Waals surface area contributed by atoms with E-state index in [9.17, 15) is 0 Å². The van der Waals surface area contributed by atoms with Crippen LogP contribution in [0.25, 0.3) is 0 Å². The van der Waals surface area contributed by atoms with Crippen molar-refractivity contribution in [3.05, 3.63) is 0 Å². The maximum absolute atomic E-state index is 8.58. The van der Waals surface area contributed by atoms with Crippen molar-refractivity contribution in [1.29, 1.82) is 0 Å². The topological polar surface area (TPSA) is 126 Å². The molecule has 0 atom stereocenters. The zero-order valence-corrected chi connectivity index (χ0v) is 13.2. The normalized spacial score (nSPS) is 5.20. The average molecular weight is 355 g/mol. The Morgan fingerprint density at radius 3 is 0.800 bits per heavy atom. The molecule has 49 valence electrons. The van der Waals surface area contributed by atoms with Crippen LogP contribution in [0.4, 0.5) is 0 Å². The van der Waals surface area contributed by atoms with E-state index in [2.05, 4.69) is 0 Å². The fourth-order valence-corrected chi connectivity index (χ4v) is 0. The van der Waals surface area contributed by atoms with Crippen LogP contribution in [0.15, 0.2) is 0 Å². The number of hydrogen-bond donors (Lipinski definition) is 0. The van der Waals surface area contributed by atoms with E-state index in [-0.39, 0.29) is 71.3 Å². The van der Waals surface area contributed by atoms with Gasteiger partial charge in [-0.15, -0.1) is 0 Å². The van der Waals surface area contributed by atoms with Gasteiger partial charge in [0.15, 0.2) is 0 Å². The van der Waals surface area contributed by atoms with E-state index in [1.807, 2.05) is 0 Å². The summed E-state index contributed by atoms with van der Waals surface area (Å²) in [4.78, 5) is 0. The molecule has 0 aliphatic carbocycles. The molecule has 6 nitrogen and oxygen atoms in total. The first-order valence-corrected chi connectivity index (χ1v) is 5.05. The Balaban J connectivity index is -0.0000000300. The number of hydrogen-bond acceptors (Lipinski definition) is 6. The Kier molecular flexibility index (Phi) is 42.1. The van der Waals surface area contributed by atoms with E-state index in [0.29, 0.717) is 0 Å². The van der Waals surface area contributed by atoms with Crippen LogP contribution in [0.3, 0.4) is 0 Å². The molecule has 0 amide bonds. The second-order valence-electron chi connectivity index (χ2n) is 0.500. The van der Waals surface area contributed by atoms with Gasteiger partial charge >= 0.3 is 130 Å². The first-order valence-electron chi connectivity index (χ1n) is 1.22. The Morgan fingerprint density at radius 1 is 0.800 bits per heavy atom. The Bertz CT molecular complexity index is 73.7. The molecule has 0 aromatic rings. The van der Waals surface area contributed by atoms with Gasteiger partial charge in [-0.1, -0.05) is 0 Å². The Hall–Kier alpha value is 3.25. The summed E-state index contributed by atoms with van der Waals surface area (Å²) in [6.07, 6.45) is 0. The summed E-state index contributed by atoms with van der Waals surface area (Å²) in [5, 5.41) is 0. The summed E-state index contributed by atoms with van der Waals surface area (Å²) in [6.45, 7) is 0. The van der Waals surface area contributed by atoms with E-state index in [0.717, 1.165) is 0 Å². The molecule has 0 N–H and O–H groups in total. The summed E-state index contributed by atoms with van der Waals surface area (Å²) >= 11 is -8.17. The van der Waals surface area contributed by atoms with Gasteiger partial charge in [-0.25, -0.2) is 0 Å². The van der Waals surface area contributed by atoms with E-state index in [1.54, 1.807) is 0 Å². The molecule has 0 aliphatic rings. The fraction of sp³-hybridized carbons (Fsp3) is 0. The molecule has 1 radical (unpaired) electrons. The maximum atomic E-state index is 8.58. The molecule has 0 bridgehead atoms. The van der Waals surface area contributed by atoms with Crippen LogP contribution < -0.4 is 44.3 Å². The van der Waals surface area contributed by atoms with Gasteiger partial charge in [0.25, 0.3) is 0 Å². The van der Waals surface area contributed by atoms with Gasteiger partial charge in [0.05, 0.1) is 0 Å². The molecule has 0 unspecified atom stereocenters. The zero-order chi connectivity index (χ0) is 7.15. The third-order valence-electron chi connectivity index (χ3n) is 0. The second-order valence-corrected chi connectivity index (χ2v) is 2.06. The molecule has 0 spiro atoms. The van der Waals surface area contributed by atoms with Gasteiger partial charge in [-0.2, -0.15) is 0 Å². The molecule has 10 heavy (non-hydrogen) atoms. The summed E-state index contributed by atoms with van der Waals surface area (Å²) in [6, 6.07) is 0. The minimum atomic E-state index is -4.08. The van der Waals surface area contributed by atoms with Crippen LogP contribution in [0.5, 0.6) is 0 Å². The van der Waals surface area contributed by atoms with Crippen LogP contribution in [0, 0.1) is 41.7 Å². The summed E-state index contributed by atoms with van der Waals surface area (Å²) in [7, 11) is 0. The van der Waals surface area contributed by atoms with E-state index in [1.165, 1.54) is 0 Å². The molecule has 0 fully saturated rings. The number of rotatable bonds is 0. The summed E-state index contributed by atoms with van der Waals surface area (Å²) in [5.41, 5.74) is 0. The summed E-state index contributed by atoms with van der Waals surface area (Å²) < 4.78 is 51.5. The van der Waals surface area contributed by atoms with Gasteiger partial charge in [0.2, 0.25) is 0 Å². The molecular weight excluding hydrogens is 355 g/mol. The third kappa shape index (κ3) is 112. The van der Waals surface area contributed by atoms with Gasteiger partial charge in [-0.05, 0) is 0 Å². The fourth-order valence-electron chi connectivity index (χ4n) is 0. The van der Waals surface area contributed by atoms with Gasteiger partial charge in [-0.3, -0.25) is 0 Å². The molecule has 10 heteroatoms. The van der Waals surface area contributed by atoms with E-state index in [4.69, 9.17) is 21.4 Å². The Morgan fingerprint density at radius 2 is 0.800 bits per heavy atom. The molecule has 0 aliphatic heterocycles. The predicted molar refractivity (Wildman–Crippen MR) is 1.37 cm³/mol. The van der Waals surface area contributed by atoms with Crippen LogP contribution in [0.1, 0.15) is 0 Å². The molecule has 0 aromatic carbocycles. The molecule has 0 aromatic heterocycles. The van der Waals surface area contributed by atoms with E-state index >= 15 is 0 Å². The monoisotopic (exact) mass is 355 g/mol. The predicted octanol–water partition coefficient (Wildman–Crippen LogP) is -7.99. The van der Waals surface area contributed by atoms with Crippen molar-refractivity contribution in [3.8, 4) is 0 Å². The SMILES string of the molecule is [Ce+3].[Na+].[O]=[Ti]([O-])[O-].[O]=[Ti]([O-])[O-]. The van der Waals surface area contributed by atoms with Crippen molar-refractivity contribution in [1.82, 2.24) is 0 Å². The van der Waals surface area contributed by atoms with Crippen LogP contribution in [-0.4, -0.2) is 0 Å². The zero-order valence-electron chi connectivity index (χ0n) is 4.95. The minimum absolute atomic E-state index is 0. The molecule has 0 saturated carbocycles. The van der Waals surface area contributed by atoms with Gasteiger partial charge < -0.3 is 0 Å². The van der Waals surface area contributed by atoms with Gasteiger partial charge in [0, 0.05) is 0 Å². The van der Waals surface area contributed by atoms with Crippen LogP contribution in [-0.2, 0) is 43.9 Å². The van der Waals surface area contributed by atoms with Crippen LogP contribution in [0.2, 0.25) is 0 Å². The molecule has 0 heterocycles. The van der Waals surface area contributed by atoms with Crippen molar-refractivity contribution in [2.75, 3.05) is 0 Å². The van der Waals surface area contributed by atoms with Crippen molar-refractivity contribution in [2.45, 2.75) is 0 Å². The first-order chi connectivity index (χ1) is 3.46. The third-order valence-corrected chi connectivity index (χ3v) is 0. The van der Waals surface area contributed by atoms with Crippen LogP contribution >= 0.6 is 0 Å². The van der Waals surface area contributed by atoms with Crippen molar-refractivity contribution in [3.63, 3.8) is 0 Å². The van der Waals surface area contributed by atoms with Crippen molar-refractivity contribution < 1.29 is 130 Å². The molecule has 0 saturated heterocycles. The quantitative estimate of drug-likeness (QED) is 0.398. The first kappa shape index (κ1) is 23.2. The standard InChI is InChI=1S/Ce.Na.6O.2Ti/q+3;+1;;;4*-1;;.